The Labute approximate surface area is 121 Å². The first-order valence-corrected chi connectivity index (χ1v) is 6.79. The second-order valence-corrected chi connectivity index (χ2v) is 5.72. The van der Waals surface area contributed by atoms with Gasteiger partial charge in [0.05, 0.1) is 25.1 Å². The molecule has 1 aliphatic carbocycles. The maximum atomic E-state index is 10.7. The van der Waals surface area contributed by atoms with Gasteiger partial charge in [-0.3, -0.25) is 0 Å². The van der Waals surface area contributed by atoms with Crippen LogP contribution in [0, 0.1) is 5.92 Å². The van der Waals surface area contributed by atoms with Gasteiger partial charge in [0.1, 0.15) is 17.4 Å². The molecule has 114 valence electrons. The van der Waals surface area contributed by atoms with Crippen LogP contribution in [0.3, 0.4) is 0 Å². The van der Waals surface area contributed by atoms with Crippen LogP contribution in [-0.2, 0) is 4.74 Å². The molecule has 1 fully saturated rings. The van der Waals surface area contributed by atoms with Crippen molar-refractivity contribution in [2.45, 2.75) is 31.1 Å². The number of hydrogen-bond acceptors (Lipinski definition) is 7. The van der Waals surface area contributed by atoms with Crippen LogP contribution in [0.15, 0.2) is 12.7 Å². The van der Waals surface area contributed by atoms with Crippen molar-refractivity contribution in [3.05, 3.63) is 12.7 Å². The number of fused-ring (bicyclic) bond motifs is 1. The number of hydrogen-bond donors (Lipinski definition) is 3. The van der Waals surface area contributed by atoms with Crippen LogP contribution >= 0.6 is 0 Å². The molecule has 8 nitrogen and oxygen atoms in total. The first-order valence-electron chi connectivity index (χ1n) is 6.79. The monoisotopic (exact) mass is 293 g/mol. The van der Waals surface area contributed by atoms with Gasteiger partial charge in [0.25, 0.3) is 0 Å². The largest absolute Gasteiger partial charge is 0.390 e. The molecule has 8 heteroatoms. The van der Waals surface area contributed by atoms with E-state index in [1.807, 2.05) is 0 Å². The summed E-state index contributed by atoms with van der Waals surface area (Å²) in [5, 5.41) is 21.0. The maximum Gasteiger partial charge on any atom is 0.165 e. The molecule has 0 spiro atoms. The molecule has 0 radical (unpaired) electrons. The molecule has 0 aliphatic heterocycles. The topological polar surface area (TPSA) is 119 Å². The number of aliphatic hydroxyl groups is 2. The third-order valence-electron chi connectivity index (χ3n) is 4.35. The van der Waals surface area contributed by atoms with Crippen molar-refractivity contribution in [1.82, 2.24) is 19.5 Å². The molecule has 0 bridgehead atoms. The Bertz CT molecular complexity index is 656. The van der Waals surface area contributed by atoms with Crippen molar-refractivity contribution in [2.75, 3.05) is 19.5 Å². The Morgan fingerprint density at radius 1 is 1.48 bits per heavy atom. The third-order valence-corrected chi connectivity index (χ3v) is 4.35. The van der Waals surface area contributed by atoms with E-state index < -0.39 is 11.7 Å². The fourth-order valence-corrected chi connectivity index (χ4v) is 3.20. The number of nitrogen functional groups attached to an aromatic ring is 1. The highest BCUT2D eigenvalue weighted by atomic mass is 16.5. The van der Waals surface area contributed by atoms with Crippen molar-refractivity contribution >= 4 is 17.0 Å². The van der Waals surface area contributed by atoms with E-state index in [9.17, 15) is 10.2 Å². The SMILES string of the molecule is COC[C@H]1C[C@@H](n2cnc3c(N)ncnc32)[C@](C)(O)[C@@H]1O. The molecule has 2 heterocycles. The van der Waals surface area contributed by atoms with E-state index in [2.05, 4.69) is 15.0 Å². The smallest absolute Gasteiger partial charge is 0.165 e. The predicted molar refractivity (Wildman–Crippen MR) is 75.4 cm³/mol. The van der Waals surface area contributed by atoms with Gasteiger partial charge in [0.15, 0.2) is 11.5 Å². The maximum absolute atomic E-state index is 10.7. The zero-order valence-electron chi connectivity index (χ0n) is 12.0. The van der Waals surface area contributed by atoms with E-state index >= 15 is 0 Å². The second-order valence-electron chi connectivity index (χ2n) is 5.72. The van der Waals surface area contributed by atoms with Gasteiger partial charge in [-0.15, -0.1) is 0 Å². The van der Waals surface area contributed by atoms with Crippen LogP contribution in [0.25, 0.3) is 11.2 Å². The van der Waals surface area contributed by atoms with Gasteiger partial charge in [-0.2, -0.15) is 0 Å². The molecular formula is C13H19N5O3. The summed E-state index contributed by atoms with van der Waals surface area (Å²) in [4.78, 5) is 12.3. The number of nitrogens with zero attached hydrogens (tertiary/aromatic N) is 4. The van der Waals surface area contributed by atoms with Crippen LogP contribution in [-0.4, -0.2) is 55.2 Å². The van der Waals surface area contributed by atoms with E-state index in [4.69, 9.17) is 10.5 Å². The fourth-order valence-electron chi connectivity index (χ4n) is 3.20. The standard InChI is InChI=1S/C13H19N5O3/c1-13(20)8(3-7(4-21-2)10(13)19)18-6-17-9-11(14)15-5-16-12(9)18/h5-8,10,19-20H,3-4H2,1-2H3,(H2,14,15,16)/t7-,8-,10-,13+/m1/s1. The van der Waals surface area contributed by atoms with Crippen molar-refractivity contribution in [3.8, 4) is 0 Å². The molecule has 3 rings (SSSR count). The zero-order chi connectivity index (χ0) is 15.2. The van der Waals surface area contributed by atoms with E-state index in [-0.39, 0.29) is 12.0 Å². The molecule has 0 saturated heterocycles. The summed E-state index contributed by atoms with van der Waals surface area (Å²) < 4.78 is 6.88. The highest BCUT2D eigenvalue weighted by Crippen LogP contribution is 2.44. The summed E-state index contributed by atoms with van der Waals surface area (Å²) in [7, 11) is 1.58. The first-order chi connectivity index (χ1) is 9.96. The summed E-state index contributed by atoms with van der Waals surface area (Å²) in [5.74, 6) is 0.150. The Kier molecular flexibility index (Phi) is 3.31. The van der Waals surface area contributed by atoms with Crippen LogP contribution in [0.1, 0.15) is 19.4 Å². The molecule has 2 aromatic heterocycles. The fraction of sp³-hybridized carbons (Fsp3) is 0.615. The Hall–Kier alpha value is -1.77. The highest BCUT2D eigenvalue weighted by Gasteiger charge is 2.51. The van der Waals surface area contributed by atoms with Crippen molar-refractivity contribution < 1.29 is 14.9 Å². The summed E-state index contributed by atoms with van der Waals surface area (Å²) in [6, 6.07) is -0.355. The Balaban J connectivity index is 2.04. The zero-order valence-corrected chi connectivity index (χ0v) is 12.0. The van der Waals surface area contributed by atoms with Crippen molar-refractivity contribution in [1.29, 1.82) is 0 Å². The first kappa shape index (κ1) is 14.2. The lowest BCUT2D eigenvalue weighted by molar-refractivity contribution is -0.0795. The molecule has 21 heavy (non-hydrogen) atoms. The highest BCUT2D eigenvalue weighted by molar-refractivity contribution is 5.81. The average Bonchev–Trinajstić information content (AvgIpc) is 2.95. The molecule has 1 aliphatic rings. The Morgan fingerprint density at radius 3 is 2.95 bits per heavy atom. The lowest BCUT2D eigenvalue weighted by Crippen LogP contribution is -2.42. The number of imidazole rings is 1. The van der Waals surface area contributed by atoms with Crippen molar-refractivity contribution in [2.24, 2.45) is 5.92 Å². The van der Waals surface area contributed by atoms with Crippen molar-refractivity contribution in [3.63, 3.8) is 0 Å². The average molecular weight is 293 g/mol. The van der Waals surface area contributed by atoms with Gasteiger partial charge < -0.3 is 25.3 Å². The number of aliphatic hydroxyl groups excluding tert-OH is 1. The van der Waals surface area contributed by atoms with E-state index in [1.165, 1.54) is 6.33 Å². The van der Waals surface area contributed by atoms with Crippen LogP contribution in [0.5, 0.6) is 0 Å². The number of anilines is 1. The Morgan fingerprint density at radius 2 is 2.24 bits per heavy atom. The van der Waals surface area contributed by atoms with Gasteiger partial charge in [0, 0.05) is 13.0 Å². The summed E-state index contributed by atoms with van der Waals surface area (Å²) in [6.07, 6.45) is 2.63. The third kappa shape index (κ3) is 2.06. The summed E-state index contributed by atoms with van der Waals surface area (Å²) >= 11 is 0. The molecule has 0 unspecified atom stereocenters. The summed E-state index contributed by atoms with van der Waals surface area (Å²) in [5.41, 5.74) is 5.54. The molecule has 0 amide bonds. The minimum Gasteiger partial charge on any atom is -0.390 e. The molecule has 4 N–H and O–H groups in total. The molecular weight excluding hydrogens is 274 g/mol. The van der Waals surface area contributed by atoms with Crippen LogP contribution < -0.4 is 5.73 Å². The predicted octanol–water partition coefficient (Wildman–Crippen LogP) is -0.272. The van der Waals surface area contributed by atoms with Crippen LogP contribution in [0.4, 0.5) is 5.82 Å². The van der Waals surface area contributed by atoms with Gasteiger partial charge in [0.2, 0.25) is 0 Å². The minimum absolute atomic E-state index is 0.147. The molecule has 1 saturated carbocycles. The van der Waals surface area contributed by atoms with Gasteiger partial charge in [-0.25, -0.2) is 15.0 Å². The van der Waals surface area contributed by atoms with Gasteiger partial charge in [-0.1, -0.05) is 0 Å². The number of nitrogens with two attached hydrogens (primary N) is 1. The van der Waals surface area contributed by atoms with E-state index in [0.717, 1.165) is 0 Å². The molecule has 4 atom stereocenters. The molecule has 2 aromatic rings. The van der Waals surface area contributed by atoms with E-state index in [0.29, 0.717) is 30.0 Å². The second kappa shape index (κ2) is 4.90. The normalized spacial score (nSPS) is 32.9. The van der Waals surface area contributed by atoms with E-state index in [1.54, 1.807) is 24.9 Å². The van der Waals surface area contributed by atoms with Crippen LogP contribution in [0.2, 0.25) is 0 Å². The lowest BCUT2D eigenvalue weighted by atomic mass is 9.96. The number of ether oxygens (including phenoxy) is 1. The molecule has 0 aromatic carbocycles. The number of rotatable bonds is 3. The van der Waals surface area contributed by atoms with Gasteiger partial charge >= 0.3 is 0 Å². The minimum atomic E-state index is -1.30. The number of aromatic nitrogens is 4. The lowest BCUT2D eigenvalue weighted by Gasteiger charge is -2.30. The number of methoxy groups -OCH3 is 1. The summed E-state index contributed by atoms with van der Waals surface area (Å²) in [6.45, 7) is 2.01. The van der Waals surface area contributed by atoms with Gasteiger partial charge in [-0.05, 0) is 13.3 Å². The quantitative estimate of drug-likeness (QED) is 0.712.